The second kappa shape index (κ2) is 33.8. The van der Waals surface area contributed by atoms with E-state index < -0.39 is 78.5 Å². The number of allylic oxidation sites excluding steroid dienone is 7. The van der Waals surface area contributed by atoms with Crippen molar-refractivity contribution in [3.05, 3.63) is 48.6 Å². The highest BCUT2D eigenvalue weighted by molar-refractivity contribution is 7.80. The van der Waals surface area contributed by atoms with Gasteiger partial charge in [-0.05, 0) is 70.6 Å². The summed E-state index contributed by atoms with van der Waals surface area (Å²) < 4.78 is 47.4. The third-order valence-electron chi connectivity index (χ3n) is 9.92. The van der Waals surface area contributed by atoms with Crippen molar-refractivity contribution in [1.29, 1.82) is 0 Å². The molecule has 1 heterocycles. The monoisotopic (exact) mass is 832 g/mol. The van der Waals surface area contributed by atoms with Gasteiger partial charge in [0, 0.05) is 0 Å². The fraction of sp³-hybridized carbons (Fsp3) is 0.791. The SMILES string of the molecule is CCCCCCCC/C=C\CCCCC(O)C(=O)NC(COC1OC(CO)C(O)C(OS(=O)(=O)O)C1O)C(O)/C=C/CC/C=C/CC/C=C/CCCCCCCC. The number of nitrogens with one attached hydrogen (secondary N) is 1. The molecule has 0 radical (unpaired) electrons. The van der Waals surface area contributed by atoms with Gasteiger partial charge in [0.05, 0.1) is 25.4 Å². The van der Waals surface area contributed by atoms with Gasteiger partial charge in [-0.3, -0.25) is 9.35 Å². The first kappa shape index (κ1) is 53.0. The molecule has 1 saturated heterocycles. The highest BCUT2D eigenvalue weighted by atomic mass is 32.3. The van der Waals surface area contributed by atoms with E-state index in [1.165, 1.54) is 83.1 Å². The van der Waals surface area contributed by atoms with Crippen LogP contribution in [-0.2, 0) is 28.9 Å². The van der Waals surface area contributed by atoms with E-state index in [1.807, 2.05) is 0 Å². The summed E-state index contributed by atoms with van der Waals surface area (Å²) in [6, 6.07) is -1.15. The van der Waals surface area contributed by atoms with Crippen LogP contribution in [0.1, 0.15) is 155 Å². The van der Waals surface area contributed by atoms with Crippen LogP contribution in [0.5, 0.6) is 0 Å². The minimum absolute atomic E-state index is 0.201. The van der Waals surface area contributed by atoms with Gasteiger partial charge in [0.2, 0.25) is 5.91 Å². The summed E-state index contributed by atoms with van der Waals surface area (Å²) >= 11 is 0. The van der Waals surface area contributed by atoms with Gasteiger partial charge in [0.1, 0.15) is 30.5 Å². The van der Waals surface area contributed by atoms with Crippen LogP contribution in [0.15, 0.2) is 48.6 Å². The molecule has 0 spiro atoms. The van der Waals surface area contributed by atoms with Gasteiger partial charge in [-0.2, -0.15) is 8.42 Å². The molecule has 1 amide bonds. The van der Waals surface area contributed by atoms with Crippen LogP contribution in [0.3, 0.4) is 0 Å². The van der Waals surface area contributed by atoms with Crippen molar-refractivity contribution in [2.75, 3.05) is 13.2 Å². The number of carbonyl (C=O) groups is 1. The second-order valence-corrected chi connectivity index (χ2v) is 16.1. The number of carbonyl (C=O) groups excluding carboxylic acids is 1. The molecule has 7 N–H and O–H groups in total. The van der Waals surface area contributed by atoms with Crippen LogP contribution in [0, 0.1) is 0 Å². The maximum atomic E-state index is 13.0. The molecule has 0 aromatic carbocycles. The lowest BCUT2D eigenvalue weighted by Gasteiger charge is -2.41. The van der Waals surface area contributed by atoms with Gasteiger partial charge in [0.15, 0.2) is 6.29 Å². The maximum absolute atomic E-state index is 13.0. The molecule has 0 saturated carbocycles. The quantitative estimate of drug-likeness (QED) is 0.0203. The Bertz CT molecular complexity index is 1230. The number of ether oxygens (including phenoxy) is 2. The minimum atomic E-state index is -5.12. The summed E-state index contributed by atoms with van der Waals surface area (Å²) in [7, 11) is -5.12. The lowest BCUT2D eigenvalue weighted by molar-refractivity contribution is -0.298. The maximum Gasteiger partial charge on any atom is 0.397 e. The van der Waals surface area contributed by atoms with Gasteiger partial charge in [0.25, 0.3) is 0 Å². The van der Waals surface area contributed by atoms with Crippen molar-refractivity contribution >= 4 is 16.3 Å². The predicted molar refractivity (Wildman–Crippen MR) is 224 cm³/mol. The van der Waals surface area contributed by atoms with Gasteiger partial charge in [-0.1, -0.05) is 133 Å². The average Bonchev–Trinajstić information content (AvgIpc) is 3.18. The molecule has 8 unspecified atom stereocenters. The molecule has 0 aromatic heterocycles. The van der Waals surface area contributed by atoms with E-state index in [0.717, 1.165) is 44.9 Å². The summed E-state index contributed by atoms with van der Waals surface area (Å²) in [5, 5.41) is 55.0. The minimum Gasteiger partial charge on any atom is -0.394 e. The number of aliphatic hydroxyl groups is 5. The molecule has 14 heteroatoms. The summed E-state index contributed by atoms with van der Waals surface area (Å²) in [6.45, 7) is 3.13. The zero-order valence-corrected chi connectivity index (χ0v) is 35.6. The highest BCUT2D eigenvalue weighted by Gasteiger charge is 2.48. The van der Waals surface area contributed by atoms with E-state index in [2.05, 4.69) is 59.8 Å². The largest absolute Gasteiger partial charge is 0.397 e. The zero-order chi connectivity index (χ0) is 42.2. The number of rotatable bonds is 35. The first-order valence-corrected chi connectivity index (χ1v) is 23.0. The van der Waals surface area contributed by atoms with E-state index in [4.69, 9.17) is 14.0 Å². The first-order valence-electron chi connectivity index (χ1n) is 21.6. The standard InChI is InChI=1S/C43H77NO12S/c1-3-5-7-9-11-13-15-17-18-19-20-22-23-25-27-29-31-36(46)35(34-54-43-40(49)41(56-57(51,52)53)39(48)38(33-45)55-43)44-42(50)37(47)32-30-28-26-24-21-16-14-12-10-8-6-4-2/h17-18,21-24,29,31,35-41,43,45-49H,3-16,19-20,25-28,30,32-34H2,1-2H3,(H,44,50)(H,51,52,53)/b18-17+,23-22+,24-21-,31-29+. The Morgan fingerprint density at radius 1 is 0.702 bits per heavy atom. The number of unbranched alkanes of at least 4 members (excludes halogenated alkanes) is 16. The Labute approximate surface area is 343 Å². The summed E-state index contributed by atoms with van der Waals surface area (Å²) in [5.74, 6) is -0.736. The molecular formula is C43H77NO12S. The normalized spacial score (nSPS) is 22.3. The molecule has 57 heavy (non-hydrogen) atoms. The van der Waals surface area contributed by atoms with Gasteiger partial charge >= 0.3 is 10.4 Å². The molecular weight excluding hydrogens is 755 g/mol. The van der Waals surface area contributed by atoms with E-state index in [-0.39, 0.29) is 6.42 Å². The van der Waals surface area contributed by atoms with E-state index in [1.54, 1.807) is 6.08 Å². The van der Waals surface area contributed by atoms with Crippen molar-refractivity contribution in [1.82, 2.24) is 5.32 Å². The summed E-state index contributed by atoms with van der Waals surface area (Å²) in [6.07, 6.45) is 27.8. The molecule has 1 rings (SSSR count). The van der Waals surface area contributed by atoms with Crippen LogP contribution in [0.2, 0.25) is 0 Å². The zero-order valence-electron chi connectivity index (χ0n) is 34.7. The third kappa shape index (κ3) is 26.7. The molecule has 1 aliphatic rings. The lowest BCUT2D eigenvalue weighted by atomic mass is 9.99. The molecule has 8 atom stereocenters. The van der Waals surface area contributed by atoms with Gasteiger partial charge < -0.3 is 40.3 Å². The van der Waals surface area contributed by atoms with Gasteiger partial charge in [-0.15, -0.1) is 0 Å². The van der Waals surface area contributed by atoms with Gasteiger partial charge in [-0.25, -0.2) is 4.18 Å². The van der Waals surface area contributed by atoms with E-state index in [9.17, 15) is 38.7 Å². The average molecular weight is 832 g/mol. The summed E-state index contributed by atoms with van der Waals surface area (Å²) in [4.78, 5) is 13.0. The van der Waals surface area contributed by atoms with Crippen LogP contribution in [-0.4, -0.2) is 107 Å². The molecule has 0 bridgehead atoms. The van der Waals surface area contributed by atoms with Crippen molar-refractivity contribution in [3.63, 3.8) is 0 Å². The van der Waals surface area contributed by atoms with Crippen molar-refractivity contribution < 1.29 is 57.0 Å². The molecule has 1 aliphatic heterocycles. The number of hydrogen-bond acceptors (Lipinski definition) is 11. The molecule has 332 valence electrons. The molecule has 0 aromatic rings. The Morgan fingerprint density at radius 3 is 1.68 bits per heavy atom. The summed E-state index contributed by atoms with van der Waals surface area (Å²) in [5.41, 5.74) is 0. The van der Waals surface area contributed by atoms with Crippen molar-refractivity contribution in [3.8, 4) is 0 Å². The van der Waals surface area contributed by atoms with E-state index >= 15 is 0 Å². The molecule has 13 nitrogen and oxygen atoms in total. The smallest absolute Gasteiger partial charge is 0.394 e. The van der Waals surface area contributed by atoms with Crippen molar-refractivity contribution in [2.24, 2.45) is 0 Å². The van der Waals surface area contributed by atoms with E-state index in [0.29, 0.717) is 12.8 Å². The predicted octanol–water partition coefficient (Wildman–Crippen LogP) is 6.68. The fourth-order valence-electron chi connectivity index (χ4n) is 6.43. The second-order valence-electron chi connectivity index (χ2n) is 15.0. The Morgan fingerprint density at radius 2 is 1.18 bits per heavy atom. The lowest BCUT2D eigenvalue weighted by Crippen LogP contribution is -2.61. The van der Waals surface area contributed by atoms with Crippen molar-refractivity contribution in [2.45, 2.75) is 204 Å². The number of hydrogen-bond donors (Lipinski definition) is 7. The van der Waals surface area contributed by atoms with Crippen LogP contribution >= 0.6 is 0 Å². The number of aliphatic hydroxyl groups excluding tert-OH is 5. The Kier molecular flexibility index (Phi) is 31.5. The van der Waals surface area contributed by atoms with Crippen LogP contribution in [0.4, 0.5) is 0 Å². The highest BCUT2D eigenvalue weighted by Crippen LogP contribution is 2.26. The molecule has 0 aliphatic carbocycles. The third-order valence-corrected chi connectivity index (χ3v) is 10.4. The number of amides is 1. The topological polar surface area (TPSA) is 212 Å². The Hall–Kier alpha value is -1.98. The Balaban J connectivity index is 2.71. The van der Waals surface area contributed by atoms with Crippen LogP contribution in [0.25, 0.3) is 0 Å². The first-order chi connectivity index (χ1) is 27.4. The van der Waals surface area contributed by atoms with Crippen LogP contribution < -0.4 is 5.32 Å². The fourth-order valence-corrected chi connectivity index (χ4v) is 6.93. The molecule has 1 fully saturated rings.